The fourth-order valence-electron chi connectivity index (χ4n) is 1.30. The molecule has 0 bridgehead atoms. The van der Waals surface area contributed by atoms with E-state index in [1.807, 2.05) is 13.1 Å². The Hall–Kier alpha value is -1.36. The summed E-state index contributed by atoms with van der Waals surface area (Å²) in [5.74, 6) is 1.43. The largest absolute Gasteiger partial charge is 0.481 e. The SMILES string of the molecule is COc1cc(N(C)C(C)CCN)ncn1. The number of methoxy groups -OCH3 is 1. The van der Waals surface area contributed by atoms with Crippen molar-refractivity contribution in [2.75, 3.05) is 25.6 Å². The van der Waals surface area contributed by atoms with E-state index in [0.717, 1.165) is 12.2 Å². The lowest BCUT2D eigenvalue weighted by atomic mass is 10.2. The summed E-state index contributed by atoms with van der Waals surface area (Å²) < 4.78 is 5.04. The Labute approximate surface area is 90.3 Å². The lowest BCUT2D eigenvalue weighted by Gasteiger charge is -2.25. The zero-order valence-electron chi connectivity index (χ0n) is 9.47. The van der Waals surface area contributed by atoms with Crippen molar-refractivity contribution in [3.63, 3.8) is 0 Å². The molecular formula is C10H18N4O. The topological polar surface area (TPSA) is 64.3 Å². The van der Waals surface area contributed by atoms with Crippen LogP contribution in [0.25, 0.3) is 0 Å². The van der Waals surface area contributed by atoms with Crippen LogP contribution in [0.15, 0.2) is 12.4 Å². The van der Waals surface area contributed by atoms with Crippen LogP contribution in [0.2, 0.25) is 0 Å². The van der Waals surface area contributed by atoms with Gasteiger partial charge in [0.2, 0.25) is 5.88 Å². The molecule has 84 valence electrons. The summed E-state index contributed by atoms with van der Waals surface area (Å²) in [6.45, 7) is 2.79. The van der Waals surface area contributed by atoms with Crippen molar-refractivity contribution in [2.45, 2.75) is 19.4 Å². The molecule has 2 N–H and O–H groups in total. The monoisotopic (exact) mass is 210 g/mol. The quantitative estimate of drug-likeness (QED) is 0.773. The number of anilines is 1. The van der Waals surface area contributed by atoms with Gasteiger partial charge in [-0.05, 0) is 19.9 Å². The fourth-order valence-corrected chi connectivity index (χ4v) is 1.30. The summed E-state index contributed by atoms with van der Waals surface area (Å²) in [5.41, 5.74) is 5.52. The zero-order chi connectivity index (χ0) is 11.3. The molecule has 1 aromatic rings. The second-order valence-electron chi connectivity index (χ2n) is 3.46. The van der Waals surface area contributed by atoms with Gasteiger partial charge in [-0.3, -0.25) is 0 Å². The molecule has 1 atom stereocenters. The minimum Gasteiger partial charge on any atom is -0.481 e. The van der Waals surface area contributed by atoms with Gasteiger partial charge in [-0.2, -0.15) is 0 Å². The summed E-state index contributed by atoms with van der Waals surface area (Å²) in [4.78, 5) is 10.2. The number of aromatic nitrogens is 2. The maximum absolute atomic E-state index is 5.52. The molecule has 0 amide bonds. The molecule has 1 unspecified atom stereocenters. The van der Waals surface area contributed by atoms with Gasteiger partial charge in [0, 0.05) is 19.2 Å². The van der Waals surface area contributed by atoms with Gasteiger partial charge < -0.3 is 15.4 Å². The Bertz CT molecular complexity index is 305. The smallest absolute Gasteiger partial charge is 0.218 e. The third kappa shape index (κ3) is 3.06. The van der Waals surface area contributed by atoms with Gasteiger partial charge in [0.05, 0.1) is 7.11 Å². The minimum atomic E-state index is 0.356. The molecule has 0 saturated heterocycles. The third-order valence-electron chi connectivity index (χ3n) is 2.44. The normalized spacial score (nSPS) is 12.3. The van der Waals surface area contributed by atoms with E-state index in [1.165, 1.54) is 6.33 Å². The first-order valence-corrected chi connectivity index (χ1v) is 4.98. The van der Waals surface area contributed by atoms with Crippen LogP contribution in [-0.2, 0) is 0 Å². The second kappa shape index (κ2) is 5.50. The summed E-state index contributed by atoms with van der Waals surface area (Å²) in [6, 6.07) is 2.17. The second-order valence-corrected chi connectivity index (χ2v) is 3.46. The summed E-state index contributed by atoms with van der Waals surface area (Å²) in [6.07, 6.45) is 2.43. The van der Waals surface area contributed by atoms with E-state index in [-0.39, 0.29) is 0 Å². The molecule has 1 heterocycles. The molecule has 0 aliphatic rings. The van der Waals surface area contributed by atoms with Crippen LogP contribution in [0.1, 0.15) is 13.3 Å². The van der Waals surface area contributed by atoms with E-state index in [9.17, 15) is 0 Å². The molecule has 5 nitrogen and oxygen atoms in total. The van der Waals surface area contributed by atoms with Crippen molar-refractivity contribution >= 4 is 5.82 Å². The highest BCUT2D eigenvalue weighted by molar-refractivity contribution is 5.40. The van der Waals surface area contributed by atoms with Crippen LogP contribution in [0.4, 0.5) is 5.82 Å². The van der Waals surface area contributed by atoms with E-state index < -0.39 is 0 Å². The summed E-state index contributed by atoms with van der Waals surface area (Å²) >= 11 is 0. The molecule has 0 aromatic carbocycles. The maximum Gasteiger partial charge on any atom is 0.218 e. The molecule has 0 saturated carbocycles. The Balaban J connectivity index is 2.76. The molecule has 15 heavy (non-hydrogen) atoms. The van der Waals surface area contributed by atoms with Crippen LogP contribution in [0.3, 0.4) is 0 Å². The van der Waals surface area contributed by atoms with Gasteiger partial charge in [-0.25, -0.2) is 9.97 Å². The number of nitrogens with zero attached hydrogens (tertiary/aromatic N) is 3. The molecule has 0 spiro atoms. The van der Waals surface area contributed by atoms with Crippen molar-refractivity contribution in [3.8, 4) is 5.88 Å². The van der Waals surface area contributed by atoms with Crippen LogP contribution in [0.5, 0.6) is 5.88 Å². The average molecular weight is 210 g/mol. The molecule has 1 aromatic heterocycles. The van der Waals surface area contributed by atoms with Crippen molar-refractivity contribution in [1.29, 1.82) is 0 Å². The van der Waals surface area contributed by atoms with Gasteiger partial charge in [-0.1, -0.05) is 0 Å². The molecule has 0 aliphatic carbocycles. The van der Waals surface area contributed by atoms with E-state index in [1.54, 1.807) is 7.11 Å². The molecule has 5 heteroatoms. The molecule has 0 aliphatic heterocycles. The Morgan fingerprint density at radius 1 is 1.53 bits per heavy atom. The van der Waals surface area contributed by atoms with E-state index in [4.69, 9.17) is 10.5 Å². The predicted octanol–water partition coefficient (Wildman–Crippen LogP) is 0.659. The van der Waals surface area contributed by atoms with Crippen molar-refractivity contribution in [2.24, 2.45) is 5.73 Å². The Morgan fingerprint density at radius 3 is 2.87 bits per heavy atom. The molecule has 1 rings (SSSR count). The molecule has 0 fully saturated rings. The van der Waals surface area contributed by atoms with Gasteiger partial charge in [0.1, 0.15) is 12.1 Å². The highest BCUT2D eigenvalue weighted by atomic mass is 16.5. The van der Waals surface area contributed by atoms with Gasteiger partial charge in [-0.15, -0.1) is 0 Å². The Morgan fingerprint density at radius 2 is 2.27 bits per heavy atom. The van der Waals surface area contributed by atoms with Gasteiger partial charge in [0.25, 0.3) is 0 Å². The third-order valence-corrected chi connectivity index (χ3v) is 2.44. The first-order chi connectivity index (χ1) is 7.19. The average Bonchev–Trinajstić information content (AvgIpc) is 2.28. The minimum absolute atomic E-state index is 0.356. The first kappa shape index (κ1) is 11.7. The van der Waals surface area contributed by atoms with Crippen LogP contribution >= 0.6 is 0 Å². The van der Waals surface area contributed by atoms with Crippen molar-refractivity contribution in [1.82, 2.24) is 9.97 Å². The fraction of sp³-hybridized carbons (Fsp3) is 0.600. The van der Waals surface area contributed by atoms with Crippen LogP contribution in [0, 0.1) is 0 Å². The summed E-state index contributed by atoms with van der Waals surface area (Å²) in [7, 11) is 3.58. The highest BCUT2D eigenvalue weighted by Gasteiger charge is 2.11. The van der Waals surface area contributed by atoms with Crippen molar-refractivity contribution < 1.29 is 4.74 Å². The zero-order valence-corrected chi connectivity index (χ0v) is 9.47. The predicted molar refractivity (Wildman–Crippen MR) is 60.1 cm³/mol. The van der Waals surface area contributed by atoms with E-state index in [2.05, 4.69) is 21.8 Å². The standard InChI is InChI=1S/C10H18N4O/c1-8(4-5-11)14(2)9-6-10(15-3)13-7-12-9/h6-8H,4-5,11H2,1-3H3. The molecular weight excluding hydrogens is 192 g/mol. The van der Waals surface area contributed by atoms with Crippen LogP contribution < -0.4 is 15.4 Å². The highest BCUT2D eigenvalue weighted by Crippen LogP contribution is 2.16. The van der Waals surface area contributed by atoms with Gasteiger partial charge in [0.15, 0.2) is 0 Å². The number of nitrogens with two attached hydrogens (primary N) is 1. The number of ether oxygens (including phenoxy) is 1. The maximum atomic E-state index is 5.52. The molecule has 0 radical (unpaired) electrons. The lowest BCUT2D eigenvalue weighted by molar-refractivity contribution is 0.396. The number of rotatable bonds is 5. The number of hydrogen-bond donors (Lipinski definition) is 1. The van der Waals surface area contributed by atoms with Crippen LogP contribution in [-0.4, -0.2) is 36.7 Å². The lowest BCUT2D eigenvalue weighted by Crippen LogP contribution is -2.31. The Kier molecular flexibility index (Phi) is 4.30. The number of hydrogen-bond acceptors (Lipinski definition) is 5. The summed E-state index contributed by atoms with van der Waals surface area (Å²) in [5, 5.41) is 0. The first-order valence-electron chi connectivity index (χ1n) is 4.98. The van der Waals surface area contributed by atoms with E-state index in [0.29, 0.717) is 18.5 Å². The van der Waals surface area contributed by atoms with Gasteiger partial charge >= 0.3 is 0 Å². The van der Waals surface area contributed by atoms with E-state index >= 15 is 0 Å². The van der Waals surface area contributed by atoms with Crippen molar-refractivity contribution in [3.05, 3.63) is 12.4 Å².